The lowest BCUT2D eigenvalue weighted by molar-refractivity contribution is -0.177. The zero-order valence-electron chi connectivity index (χ0n) is 12.9. The average Bonchev–Trinajstić information content (AvgIpc) is 2.44. The van der Waals surface area contributed by atoms with Crippen LogP contribution in [0.25, 0.3) is 0 Å². The molecular weight excluding hydrogens is 256 g/mol. The van der Waals surface area contributed by atoms with Crippen LogP contribution in [-0.4, -0.2) is 24.1 Å². The van der Waals surface area contributed by atoms with E-state index in [1.807, 2.05) is 0 Å². The van der Waals surface area contributed by atoms with Crippen LogP contribution in [0.1, 0.15) is 78.1 Å². The molecule has 20 heavy (non-hydrogen) atoms. The minimum absolute atomic E-state index is 0.143. The van der Waals surface area contributed by atoms with Crippen LogP contribution >= 0.6 is 0 Å². The quantitative estimate of drug-likeness (QED) is 0.697. The van der Waals surface area contributed by atoms with E-state index in [9.17, 15) is 9.59 Å². The number of carbonyl (C=O) groups excluding carboxylic acids is 2. The van der Waals surface area contributed by atoms with E-state index >= 15 is 0 Å². The van der Waals surface area contributed by atoms with Crippen molar-refractivity contribution in [1.29, 1.82) is 0 Å². The summed E-state index contributed by atoms with van der Waals surface area (Å²) in [5.41, 5.74) is -0.601. The maximum Gasteiger partial charge on any atom is 0.306 e. The summed E-state index contributed by atoms with van der Waals surface area (Å²) in [5, 5.41) is 0. The van der Waals surface area contributed by atoms with Gasteiger partial charge < -0.3 is 9.47 Å². The van der Waals surface area contributed by atoms with E-state index in [2.05, 4.69) is 13.8 Å². The molecule has 1 heterocycles. The SMILES string of the molecule is CCCCC1(CCCC)COC(=O)CCCCC(=O)O1. The minimum Gasteiger partial charge on any atom is -0.461 e. The first kappa shape index (κ1) is 17.0. The molecule has 0 aromatic heterocycles. The molecule has 1 aliphatic rings. The molecule has 4 nitrogen and oxygen atoms in total. The van der Waals surface area contributed by atoms with Crippen molar-refractivity contribution in [2.45, 2.75) is 83.7 Å². The van der Waals surface area contributed by atoms with Gasteiger partial charge in [0, 0.05) is 12.8 Å². The Hall–Kier alpha value is -1.06. The highest BCUT2D eigenvalue weighted by atomic mass is 16.6. The highest BCUT2D eigenvalue weighted by Crippen LogP contribution is 2.28. The molecule has 0 bridgehead atoms. The molecule has 0 spiro atoms. The van der Waals surface area contributed by atoms with Gasteiger partial charge in [-0.05, 0) is 38.5 Å². The monoisotopic (exact) mass is 284 g/mol. The number of hydrogen-bond acceptors (Lipinski definition) is 4. The van der Waals surface area contributed by atoms with E-state index in [4.69, 9.17) is 9.47 Å². The summed E-state index contributed by atoms with van der Waals surface area (Å²) in [6.07, 6.45) is 7.82. The van der Waals surface area contributed by atoms with Gasteiger partial charge in [0.25, 0.3) is 0 Å². The minimum atomic E-state index is -0.601. The number of cyclic esters (lactones) is 2. The van der Waals surface area contributed by atoms with Crippen LogP contribution < -0.4 is 0 Å². The van der Waals surface area contributed by atoms with Crippen LogP contribution in [0.15, 0.2) is 0 Å². The van der Waals surface area contributed by atoms with Crippen LogP contribution in [0.3, 0.4) is 0 Å². The molecule has 0 amide bonds. The van der Waals surface area contributed by atoms with E-state index in [0.29, 0.717) is 25.7 Å². The second-order valence-electron chi connectivity index (χ2n) is 5.73. The van der Waals surface area contributed by atoms with Crippen molar-refractivity contribution in [2.24, 2.45) is 0 Å². The van der Waals surface area contributed by atoms with Crippen molar-refractivity contribution in [2.75, 3.05) is 6.61 Å². The topological polar surface area (TPSA) is 52.6 Å². The molecule has 0 aromatic carbocycles. The van der Waals surface area contributed by atoms with Gasteiger partial charge in [-0.3, -0.25) is 9.59 Å². The molecule has 1 rings (SSSR count). The third-order valence-electron chi connectivity index (χ3n) is 3.81. The van der Waals surface area contributed by atoms with Crippen molar-refractivity contribution in [3.05, 3.63) is 0 Å². The van der Waals surface area contributed by atoms with E-state index in [0.717, 1.165) is 38.5 Å². The fraction of sp³-hybridized carbons (Fsp3) is 0.875. The summed E-state index contributed by atoms with van der Waals surface area (Å²) in [7, 11) is 0. The molecule has 0 atom stereocenters. The Morgan fingerprint density at radius 1 is 0.950 bits per heavy atom. The van der Waals surface area contributed by atoms with Crippen molar-refractivity contribution in [1.82, 2.24) is 0 Å². The Morgan fingerprint density at radius 2 is 1.50 bits per heavy atom. The van der Waals surface area contributed by atoms with Crippen molar-refractivity contribution in [3.63, 3.8) is 0 Å². The summed E-state index contributed by atoms with van der Waals surface area (Å²) in [5.74, 6) is -0.310. The maximum atomic E-state index is 12.0. The second kappa shape index (κ2) is 8.98. The number of hydrogen-bond donors (Lipinski definition) is 0. The van der Waals surface area contributed by atoms with Gasteiger partial charge in [-0.25, -0.2) is 0 Å². The van der Waals surface area contributed by atoms with Crippen LogP contribution in [0.5, 0.6) is 0 Å². The Bertz CT molecular complexity index is 304. The van der Waals surface area contributed by atoms with Gasteiger partial charge >= 0.3 is 11.9 Å². The smallest absolute Gasteiger partial charge is 0.306 e. The normalized spacial score (nSPS) is 20.1. The van der Waals surface area contributed by atoms with E-state index < -0.39 is 5.60 Å². The fourth-order valence-corrected chi connectivity index (χ4v) is 2.51. The first-order valence-electron chi connectivity index (χ1n) is 7.99. The zero-order chi connectivity index (χ0) is 14.8. The fourth-order valence-electron chi connectivity index (χ4n) is 2.51. The summed E-state index contributed by atoms with van der Waals surface area (Å²) in [4.78, 5) is 23.6. The summed E-state index contributed by atoms with van der Waals surface area (Å²) in [6.45, 7) is 4.45. The van der Waals surface area contributed by atoms with Crippen molar-refractivity contribution < 1.29 is 19.1 Å². The molecule has 0 N–H and O–H groups in total. The summed E-state index contributed by atoms with van der Waals surface area (Å²) < 4.78 is 11.1. The lowest BCUT2D eigenvalue weighted by Gasteiger charge is -2.34. The predicted octanol–water partition coefficient (Wildman–Crippen LogP) is 3.77. The zero-order valence-corrected chi connectivity index (χ0v) is 12.9. The molecule has 1 fully saturated rings. The first-order chi connectivity index (χ1) is 9.62. The van der Waals surface area contributed by atoms with Gasteiger partial charge in [-0.2, -0.15) is 0 Å². The lowest BCUT2D eigenvalue weighted by atomic mass is 9.91. The van der Waals surface area contributed by atoms with E-state index in [-0.39, 0.29) is 18.5 Å². The van der Waals surface area contributed by atoms with E-state index in [1.165, 1.54) is 0 Å². The van der Waals surface area contributed by atoms with Gasteiger partial charge in [0.2, 0.25) is 0 Å². The first-order valence-corrected chi connectivity index (χ1v) is 7.99. The molecule has 0 saturated carbocycles. The summed E-state index contributed by atoms with van der Waals surface area (Å²) >= 11 is 0. The van der Waals surface area contributed by atoms with Crippen LogP contribution in [0.4, 0.5) is 0 Å². The molecule has 0 unspecified atom stereocenters. The standard InChI is InChI=1S/C16H28O4/c1-3-5-11-16(12-6-4-2)13-19-14(17)9-7-8-10-15(18)20-16/h3-13H2,1-2H3. The van der Waals surface area contributed by atoms with Gasteiger partial charge in [0.05, 0.1) is 0 Å². The Morgan fingerprint density at radius 3 is 2.05 bits per heavy atom. The Labute approximate surface area is 122 Å². The molecular formula is C16H28O4. The lowest BCUT2D eigenvalue weighted by Crippen LogP contribution is -2.41. The molecule has 0 radical (unpaired) electrons. The molecule has 4 heteroatoms. The molecule has 1 saturated heterocycles. The van der Waals surface area contributed by atoms with Gasteiger partial charge in [-0.15, -0.1) is 0 Å². The predicted molar refractivity (Wildman–Crippen MR) is 77.3 cm³/mol. The van der Waals surface area contributed by atoms with Crippen LogP contribution in [0, 0.1) is 0 Å². The third-order valence-corrected chi connectivity index (χ3v) is 3.81. The van der Waals surface area contributed by atoms with Gasteiger partial charge in [0.15, 0.2) is 0 Å². The number of rotatable bonds is 6. The molecule has 1 aliphatic heterocycles. The highest BCUT2D eigenvalue weighted by molar-refractivity contribution is 5.71. The molecule has 0 aliphatic carbocycles. The van der Waals surface area contributed by atoms with Crippen LogP contribution in [0.2, 0.25) is 0 Å². The number of esters is 2. The number of carbonyl (C=O) groups is 2. The van der Waals surface area contributed by atoms with E-state index in [1.54, 1.807) is 0 Å². The summed E-state index contributed by atoms with van der Waals surface area (Å²) in [6, 6.07) is 0. The molecule has 116 valence electrons. The van der Waals surface area contributed by atoms with Crippen molar-refractivity contribution in [3.8, 4) is 0 Å². The maximum absolute atomic E-state index is 12.0. The second-order valence-corrected chi connectivity index (χ2v) is 5.73. The average molecular weight is 284 g/mol. The number of ether oxygens (including phenoxy) is 2. The Balaban J connectivity index is 2.79. The van der Waals surface area contributed by atoms with Gasteiger partial charge in [0.1, 0.15) is 12.2 Å². The van der Waals surface area contributed by atoms with Crippen molar-refractivity contribution >= 4 is 11.9 Å². The highest BCUT2D eigenvalue weighted by Gasteiger charge is 2.35. The van der Waals surface area contributed by atoms with Gasteiger partial charge in [-0.1, -0.05) is 26.7 Å². The number of unbranched alkanes of at least 4 members (excludes halogenated alkanes) is 2. The largest absolute Gasteiger partial charge is 0.461 e. The third kappa shape index (κ3) is 5.93. The molecule has 0 aromatic rings. The van der Waals surface area contributed by atoms with Crippen LogP contribution in [-0.2, 0) is 19.1 Å². The Kier molecular flexibility index (Phi) is 7.63.